The molecule has 0 saturated carbocycles. The van der Waals surface area contributed by atoms with E-state index in [4.69, 9.17) is 25.8 Å². The van der Waals surface area contributed by atoms with Gasteiger partial charge in [-0.05, 0) is 43.5 Å². The van der Waals surface area contributed by atoms with E-state index in [1.807, 2.05) is 0 Å². The Morgan fingerprint density at radius 2 is 1.75 bits per heavy atom. The van der Waals surface area contributed by atoms with Crippen LogP contribution in [0.3, 0.4) is 0 Å². The number of sulfonamides is 1. The molecule has 1 aliphatic rings. The molecule has 0 radical (unpaired) electrons. The fourth-order valence-corrected chi connectivity index (χ4v) is 5.57. The van der Waals surface area contributed by atoms with Gasteiger partial charge < -0.3 is 19.5 Å². The van der Waals surface area contributed by atoms with Gasteiger partial charge in [0.2, 0.25) is 15.9 Å². The first-order chi connectivity index (χ1) is 15.2. The lowest BCUT2D eigenvalue weighted by molar-refractivity contribution is -0.120. The molecular weight excluding hydrogens is 456 g/mol. The third-order valence-corrected chi connectivity index (χ3v) is 7.65. The van der Waals surface area contributed by atoms with Gasteiger partial charge in [0.05, 0.1) is 42.9 Å². The van der Waals surface area contributed by atoms with Gasteiger partial charge in [-0.15, -0.1) is 0 Å². The van der Waals surface area contributed by atoms with Crippen LogP contribution >= 0.6 is 11.6 Å². The van der Waals surface area contributed by atoms with E-state index in [1.54, 1.807) is 31.2 Å². The van der Waals surface area contributed by atoms with Crippen LogP contribution in [0.2, 0.25) is 5.02 Å². The van der Waals surface area contributed by atoms with E-state index < -0.39 is 15.9 Å². The van der Waals surface area contributed by atoms with E-state index in [0.717, 1.165) is 5.56 Å². The average molecular weight is 483 g/mol. The van der Waals surface area contributed by atoms with Gasteiger partial charge in [-0.3, -0.25) is 4.79 Å². The maximum atomic E-state index is 13.2. The molecule has 174 valence electrons. The van der Waals surface area contributed by atoms with Crippen LogP contribution in [0.5, 0.6) is 17.2 Å². The number of aryl methyl sites for hydroxylation is 1. The Labute approximate surface area is 193 Å². The molecule has 1 fully saturated rings. The van der Waals surface area contributed by atoms with Crippen molar-refractivity contribution < 1.29 is 27.4 Å². The van der Waals surface area contributed by atoms with Gasteiger partial charge in [-0.2, -0.15) is 4.31 Å². The zero-order valence-electron chi connectivity index (χ0n) is 18.5. The zero-order valence-corrected chi connectivity index (χ0v) is 20.0. The van der Waals surface area contributed by atoms with Crippen molar-refractivity contribution in [2.24, 2.45) is 5.92 Å². The summed E-state index contributed by atoms with van der Waals surface area (Å²) in [5.41, 5.74) is 1.13. The highest BCUT2D eigenvalue weighted by Gasteiger charge is 2.34. The molecule has 0 bridgehead atoms. The van der Waals surface area contributed by atoms with Gasteiger partial charge in [-0.25, -0.2) is 8.42 Å². The van der Waals surface area contributed by atoms with Crippen LogP contribution in [0.15, 0.2) is 35.2 Å². The molecule has 1 saturated heterocycles. The second kappa shape index (κ2) is 9.97. The molecule has 1 atom stereocenters. The highest BCUT2D eigenvalue weighted by molar-refractivity contribution is 7.89. The number of carbonyl (C=O) groups excluding carboxylic acids is 1. The van der Waals surface area contributed by atoms with Gasteiger partial charge in [0.1, 0.15) is 17.2 Å². The minimum atomic E-state index is -3.74. The maximum absolute atomic E-state index is 13.2. The van der Waals surface area contributed by atoms with Crippen LogP contribution in [0, 0.1) is 12.8 Å². The van der Waals surface area contributed by atoms with E-state index in [1.165, 1.54) is 31.7 Å². The van der Waals surface area contributed by atoms with Crippen LogP contribution in [0.25, 0.3) is 0 Å². The van der Waals surface area contributed by atoms with Crippen molar-refractivity contribution >= 4 is 33.2 Å². The van der Waals surface area contributed by atoms with Crippen LogP contribution in [-0.2, 0) is 14.8 Å². The number of methoxy groups -OCH3 is 3. The first-order valence-electron chi connectivity index (χ1n) is 10.1. The fraction of sp³-hybridized carbons (Fsp3) is 0.409. The second-order valence-corrected chi connectivity index (χ2v) is 9.86. The first-order valence-corrected chi connectivity index (χ1v) is 11.9. The molecule has 1 N–H and O–H groups in total. The van der Waals surface area contributed by atoms with Gasteiger partial charge in [0.25, 0.3) is 0 Å². The monoisotopic (exact) mass is 482 g/mol. The summed E-state index contributed by atoms with van der Waals surface area (Å²) in [6.07, 6.45) is 1.15. The molecule has 0 spiro atoms. The number of nitrogens with one attached hydrogen (secondary N) is 1. The van der Waals surface area contributed by atoms with E-state index >= 15 is 0 Å². The predicted molar refractivity (Wildman–Crippen MR) is 122 cm³/mol. The molecule has 3 rings (SSSR count). The van der Waals surface area contributed by atoms with Crippen molar-refractivity contribution in [2.75, 3.05) is 39.7 Å². The van der Waals surface area contributed by atoms with Crippen molar-refractivity contribution in [3.05, 3.63) is 40.9 Å². The molecule has 1 amide bonds. The van der Waals surface area contributed by atoms with Crippen molar-refractivity contribution in [3.8, 4) is 17.2 Å². The highest BCUT2D eigenvalue weighted by Crippen LogP contribution is 2.36. The number of anilines is 1. The summed E-state index contributed by atoms with van der Waals surface area (Å²) in [5, 5.41) is 3.18. The minimum Gasteiger partial charge on any atom is -0.496 e. The van der Waals surface area contributed by atoms with Gasteiger partial charge in [0, 0.05) is 25.2 Å². The molecule has 0 unspecified atom stereocenters. The average Bonchev–Trinajstić information content (AvgIpc) is 2.79. The topological polar surface area (TPSA) is 94.2 Å². The fourth-order valence-electron chi connectivity index (χ4n) is 3.73. The minimum absolute atomic E-state index is 0.0896. The second-order valence-electron chi connectivity index (χ2n) is 7.51. The number of amides is 1. The van der Waals surface area contributed by atoms with E-state index in [0.29, 0.717) is 47.3 Å². The SMILES string of the molecule is COc1ccc(S(=O)(=O)N2CCC[C@@H](C(=O)Nc3cc(OC)c(Cl)cc3OC)C2)cc1C. The van der Waals surface area contributed by atoms with Crippen molar-refractivity contribution in [1.29, 1.82) is 0 Å². The summed E-state index contributed by atoms with van der Waals surface area (Å²) in [5.74, 6) is 0.596. The molecule has 8 nitrogen and oxygen atoms in total. The van der Waals surface area contributed by atoms with Crippen LogP contribution < -0.4 is 19.5 Å². The Balaban J connectivity index is 1.79. The van der Waals surface area contributed by atoms with E-state index in [2.05, 4.69) is 5.32 Å². The largest absolute Gasteiger partial charge is 0.496 e. The Hall–Kier alpha value is -2.49. The van der Waals surface area contributed by atoms with Crippen molar-refractivity contribution in [2.45, 2.75) is 24.7 Å². The maximum Gasteiger partial charge on any atom is 0.243 e. The number of carbonyl (C=O) groups is 1. The zero-order chi connectivity index (χ0) is 23.5. The molecule has 10 heteroatoms. The third-order valence-electron chi connectivity index (χ3n) is 5.49. The lowest BCUT2D eigenvalue weighted by Crippen LogP contribution is -2.43. The smallest absolute Gasteiger partial charge is 0.243 e. The Kier molecular flexibility index (Phi) is 7.53. The summed E-state index contributed by atoms with van der Waals surface area (Å²) < 4.78 is 43.5. The molecule has 2 aromatic rings. The summed E-state index contributed by atoms with van der Waals surface area (Å²) in [6.45, 7) is 2.24. The van der Waals surface area contributed by atoms with Crippen molar-refractivity contribution in [1.82, 2.24) is 4.31 Å². The number of halogens is 1. The third kappa shape index (κ3) is 4.95. The normalized spacial score (nSPS) is 17.0. The lowest BCUT2D eigenvalue weighted by atomic mass is 9.98. The Morgan fingerprint density at radius 3 is 2.38 bits per heavy atom. The summed E-state index contributed by atoms with van der Waals surface area (Å²) >= 11 is 6.12. The molecular formula is C22H27ClN2O6S. The number of hydrogen-bond acceptors (Lipinski definition) is 6. The first kappa shape index (κ1) is 24.2. The molecule has 0 aliphatic carbocycles. The van der Waals surface area contributed by atoms with Gasteiger partial charge in [-0.1, -0.05) is 11.6 Å². The van der Waals surface area contributed by atoms with Gasteiger partial charge in [0.15, 0.2) is 0 Å². The highest BCUT2D eigenvalue weighted by atomic mass is 35.5. The van der Waals surface area contributed by atoms with E-state index in [9.17, 15) is 13.2 Å². The number of ether oxygens (including phenoxy) is 3. The quantitative estimate of drug-likeness (QED) is 0.646. The van der Waals surface area contributed by atoms with Crippen LogP contribution in [-0.4, -0.2) is 53.0 Å². The number of hydrogen-bond donors (Lipinski definition) is 1. The standard InChI is InChI=1S/C22H27ClN2O6S/c1-14-10-16(7-8-19(14)29-2)32(27,28)25-9-5-6-15(13-25)22(26)24-18-12-20(30-3)17(23)11-21(18)31-4/h7-8,10-12,15H,5-6,9,13H2,1-4H3,(H,24,26)/t15-/m1/s1. The predicted octanol–water partition coefficient (Wildman–Crippen LogP) is 3.71. The van der Waals surface area contributed by atoms with Crippen LogP contribution in [0.1, 0.15) is 18.4 Å². The van der Waals surface area contributed by atoms with Gasteiger partial charge >= 0.3 is 0 Å². The number of rotatable bonds is 7. The molecule has 0 aromatic heterocycles. The summed E-state index contributed by atoms with van der Waals surface area (Å²) in [6, 6.07) is 7.88. The molecule has 2 aromatic carbocycles. The molecule has 1 aliphatic heterocycles. The molecule has 1 heterocycles. The Morgan fingerprint density at radius 1 is 1.06 bits per heavy atom. The Bertz CT molecular complexity index is 1110. The van der Waals surface area contributed by atoms with Crippen molar-refractivity contribution in [3.63, 3.8) is 0 Å². The molecule has 32 heavy (non-hydrogen) atoms. The number of nitrogens with zero attached hydrogens (tertiary/aromatic N) is 1. The summed E-state index contributed by atoms with van der Waals surface area (Å²) in [4.78, 5) is 13.2. The van der Waals surface area contributed by atoms with Crippen LogP contribution in [0.4, 0.5) is 5.69 Å². The van der Waals surface area contributed by atoms with E-state index in [-0.39, 0.29) is 17.3 Å². The number of benzene rings is 2. The summed E-state index contributed by atoms with van der Waals surface area (Å²) in [7, 11) is 0.743. The lowest BCUT2D eigenvalue weighted by Gasteiger charge is -2.31. The number of piperidine rings is 1.